The first-order valence-corrected chi connectivity index (χ1v) is 6.46. The number of hydrogen-bond donors (Lipinski definition) is 1. The lowest BCUT2D eigenvalue weighted by atomic mass is 10.1. The van der Waals surface area contributed by atoms with Crippen molar-refractivity contribution in [2.45, 2.75) is 32.7 Å². The molecule has 0 saturated heterocycles. The molecule has 0 aliphatic rings. The second kappa shape index (κ2) is 6.18. The number of hydrogen-bond acceptors (Lipinski definition) is 5. The third kappa shape index (κ3) is 3.57. The number of aromatic nitrogens is 1. The van der Waals surface area contributed by atoms with Gasteiger partial charge in [-0.15, -0.1) is 0 Å². The summed E-state index contributed by atoms with van der Waals surface area (Å²) < 4.78 is 5.26. The van der Waals surface area contributed by atoms with E-state index in [-0.39, 0.29) is 11.7 Å². The van der Waals surface area contributed by atoms with Crippen LogP contribution in [0.25, 0.3) is 0 Å². The molecule has 0 aliphatic heterocycles. The maximum atomic E-state index is 11.0. The van der Waals surface area contributed by atoms with E-state index in [0.717, 1.165) is 24.2 Å². The predicted molar refractivity (Wildman–Crippen MR) is 75.7 cm³/mol. The molecule has 2 aromatic heterocycles. The fourth-order valence-electron chi connectivity index (χ4n) is 1.92. The molecule has 0 spiro atoms. The number of aryl methyl sites for hydroxylation is 2. The van der Waals surface area contributed by atoms with E-state index in [4.69, 9.17) is 4.42 Å². The first-order valence-electron chi connectivity index (χ1n) is 6.46. The summed E-state index contributed by atoms with van der Waals surface area (Å²) in [5.74, 6) is 1.22. The van der Waals surface area contributed by atoms with Gasteiger partial charge in [-0.05, 0) is 38.0 Å². The van der Waals surface area contributed by atoms with Gasteiger partial charge in [-0.2, -0.15) is 0 Å². The van der Waals surface area contributed by atoms with Gasteiger partial charge in [0.15, 0.2) is 0 Å². The maximum absolute atomic E-state index is 11.0. The summed E-state index contributed by atoms with van der Waals surface area (Å²) in [6.07, 6.45) is 4.84. The highest BCUT2D eigenvalue weighted by Gasteiger charge is 2.17. The van der Waals surface area contributed by atoms with Crippen LogP contribution in [0.4, 0.5) is 11.5 Å². The van der Waals surface area contributed by atoms with Crippen molar-refractivity contribution >= 4 is 11.5 Å². The van der Waals surface area contributed by atoms with Crippen molar-refractivity contribution in [1.82, 2.24) is 4.98 Å². The maximum Gasteiger partial charge on any atom is 0.311 e. The monoisotopic (exact) mass is 275 g/mol. The molecule has 6 nitrogen and oxygen atoms in total. The molecule has 1 unspecified atom stereocenters. The quantitative estimate of drug-likeness (QED) is 0.646. The van der Waals surface area contributed by atoms with Crippen molar-refractivity contribution in [2.24, 2.45) is 0 Å². The van der Waals surface area contributed by atoms with Gasteiger partial charge in [-0.25, -0.2) is 4.98 Å². The number of nitrogens with one attached hydrogen (secondary N) is 1. The number of furan rings is 1. The molecule has 2 aromatic rings. The van der Waals surface area contributed by atoms with Gasteiger partial charge in [-0.1, -0.05) is 0 Å². The number of nitrogens with zero attached hydrogens (tertiary/aromatic N) is 2. The molecule has 0 radical (unpaired) electrons. The Labute approximate surface area is 117 Å². The Morgan fingerprint density at radius 3 is 3.00 bits per heavy atom. The van der Waals surface area contributed by atoms with Gasteiger partial charge in [0.25, 0.3) is 0 Å². The molecule has 0 aliphatic carbocycles. The van der Waals surface area contributed by atoms with Crippen LogP contribution in [0, 0.1) is 17.0 Å². The van der Waals surface area contributed by atoms with E-state index in [1.54, 1.807) is 19.4 Å². The predicted octanol–water partition coefficient (Wildman–Crippen LogP) is 3.32. The van der Waals surface area contributed by atoms with E-state index in [1.807, 2.05) is 19.1 Å². The van der Waals surface area contributed by atoms with Crippen molar-refractivity contribution in [3.05, 3.63) is 52.1 Å². The fraction of sp³-hybridized carbons (Fsp3) is 0.357. The van der Waals surface area contributed by atoms with Crippen molar-refractivity contribution in [3.8, 4) is 0 Å². The molecule has 0 bridgehead atoms. The third-order valence-corrected chi connectivity index (χ3v) is 2.99. The number of nitro groups is 1. The van der Waals surface area contributed by atoms with Crippen LogP contribution in [0.15, 0.2) is 35.1 Å². The van der Waals surface area contributed by atoms with E-state index < -0.39 is 4.92 Å². The molecule has 1 atom stereocenters. The fourth-order valence-corrected chi connectivity index (χ4v) is 1.92. The Hall–Kier alpha value is -2.37. The highest BCUT2D eigenvalue weighted by Crippen LogP contribution is 2.23. The summed E-state index contributed by atoms with van der Waals surface area (Å²) in [4.78, 5) is 14.7. The molecule has 6 heteroatoms. The number of rotatable bonds is 6. The van der Waals surface area contributed by atoms with E-state index in [9.17, 15) is 10.1 Å². The van der Waals surface area contributed by atoms with Crippen LogP contribution in [0.3, 0.4) is 0 Å². The minimum Gasteiger partial charge on any atom is -0.469 e. The van der Waals surface area contributed by atoms with Crippen LogP contribution in [0.1, 0.15) is 24.7 Å². The lowest BCUT2D eigenvalue weighted by molar-refractivity contribution is -0.384. The molecule has 20 heavy (non-hydrogen) atoms. The average Bonchev–Trinajstić information content (AvgIpc) is 2.91. The van der Waals surface area contributed by atoms with E-state index >= 15 is 0 Å². The first kappa shape index (κ1) is 14.0. The van der Waals surface area contributed by atoms with Gasteiger partial charge < -0.3 is 9.73 Å². The Kier molecular flexibility index (Phi) is 4.34. The highest BCUT2D eigenvalue weighted by atomic mass is 16.6. The Balaban J connectivity index is 2.00. The lowest BCUT2D eigenvalue weighted by Crippen LogP contribution is -2.17. The number of pyridine rings is 1. The van der Waals surface area contributed by atoms with Gasteiger partial charge in [0.1, 0.15) is 5.76 Å². The normalized spacial score (nSPS) is 12.1. The minimum absolute atomic E-state index is 0.00912. The molecule has 106 valence electrons. The van der Waals surface area contributed by atoms with Gasteiger partial charge in [0.2, 0.25) is 5.82 Å². The zero-order chi connectivity index (χ0) is 14.5. The molecule has 2 heterocycles. The second-order valence-electron chi connectivity index (χ2n) is 4.80. The van der Waals surface area contributed by atoms with E-state index in [2.05, 4.69) is 10.3 Å². The zero-order valence-corrected chi connectivity index (χ0v) is 11.5. The molecule has 0 fully saturated rings. The smallest absolute Gasteiger partial charge is 0.311 e. The van der Waals surface area contributed by atoms with E-state index in [1.165, 1.54) is 6.07 Å². The molecule has 0 aromatic carbocycles. The SMILES string of the molecule is Cc1cnc(NC(C)CCc2ccco2)c([N+](=O)[O-])c1. The van der Waals surface area contributed by atoms with Crippen LogP contribution in [-0.2, 0) is 6.42 Å². The Morgan fingerprint density at radius 2 is 2.35 bits per heavy atom. The highest BCUT2D eigenvalue weighted by molar-refractivity contribution is 5.56. The first-order chi connectivity index (χ1) is 9.56. The molecular formula is C14H17N3O3. The standard InChI is InChI=1S/C14H17N3O3/c1-10-8-13(17(18)19)14(15-9-10)16-11(2)5-6-12-4-3-7-20-12/h3-4,7-9,11H,5-6H2,1-2H3,(H,15,16). The molecule has 0 amide bonds. The topological polar surface area (TPSA) is 81.2 Å². The van der Waals surface area contributed by atoms with Crippen LogP contribution in [0.2, 0.25) is 0 Å². The van der Waals surface area contributed by atoms with Gasteiger partial charge in [0.05, 0.1) is 11.2 Å². The molecule has 2 rings (SSSR count). The summed E-state index contributed by atoms with van der Waals surface area (Å²) in [7, 11) is 0. The summed E-state index contributed by atoms with van der Waals surface area (Å²) in [5, 5.41) is 14.1. The molecule has 1 N–H and O–H groups in total. The zero-order valence-electron chi connectivity index (χ0n) is 11.5. The van der Waals surface area contributed by atoms with Gasteiger partial charge in [0, 0.05) is 24.7 Å². The van der Waals surface area contributed by atoms with Crippen molar-refractivity contribution in [1.29, 1.82) is 0 Å². The second-order valence-corrected chi connectivity index (χ2v) is 4.80. The van der Waals surface area contributed by atoms with Crippen molar-refractivity contribution in [2.75, 3.05) is 5.32 Å². The Morgan fingerprint density at radius 1 is 1.55 bits per heavy atom. The van der Waals surface area contributed by atoms with Gasteiger partial charge >= 0.3 is 5.69 Å². The summed E-state index contributed by atoms with van der Waals surface area (Å²) in [6.45, 7) is 3.75. The van der Waals surface area contributed by atoms with Crippen molar-refractivity contribution < 1.29 is 9.34 Å². The minimum atomic E-state index is -0.415. The van der Waals surface area contributed by atoms with Crippen LogP contribution < -0.4 is 5.32 Å². The van der Waals surface area contributed by atoms with Crippen LogP contribution >= 0.6 is 0 Å². The van der Waals surface area contributed by atoms with Crippen LogP contribution in [0.5, 0.6) is 0 Å². The molecular weight excluding hydrogens is 258 g/mol. The van der Waals surface area contributed by atoms with E-state index in [0.29, 0.717) is 5.82 Å². The summed E-state index contributed by atoms with van der Waals surface area (Å²) in [5.41, 5.74) is 0.778. The van der Waals surface area contributed by atoms with Gasteiger partial charge in [-0.3, -0.25) is 10.1 Å². The third-order valence-electron chi connectivity index (χ3n) is 2.99. The molecule has 0 saturated carbocycles. The average molecular weight is 275 g/mol. The summed E-state index contributed by atoms with van der Waals surface area (Å²) in [6, 6.07) is 5.35. The number of anilines is 1. The largest absolute Gasteiger partial charge is 0.469 e. The Bertz CT molecular complexity index is 581. The van der Waals surface area contributed by atoms with Crippen LogP contribution in [-0.4, -0.2) is 15.9 Å². The lowest BCUT2D eigenvalue weighted by Gasteiger charge is -2.13. The van der Waals surface area contributed by atoms with Crippen molar-refractivity contribution in [3.63, 3.8) is 0 Å². The summed E-state index contributed by atoms with van der Waals surface area (Å²) >= 11 is 0.